The van der Waals surface area contributed by atoms with Crippen molar-refractivity contribution in [1.29, 1.82) is 0 Å². The standard InChI is InChI=1S/C25H32N2O3S/c1-17(2)20-8-10-22(11-9-20)27(31(29,30)23-12-4-18(3)5-13-23)16-25(28)26-24-15-19-6-7-21(24)14-19/h4-5,8-13,17,19,21,24H,6-7,14-16H2,1-3H3,(H,26,28)/t19-,21+,24+/m0/s1. The van der Waals surface area contributed by atoms with Crippen LogP contribution in [-0.2, 0) is 14.8 Å². The highest BCUT2D eigenvalue weighted by Crippen LogP contribution is 2.44. The lowest BCUT2D eigenvalue weighted by atomic mass is 9.95. The Balaban J connectivity index is 1.60. The summed E-state index contributed by atoms with van der Waals surface area (Å²) in [6.07, 6.45) is 4.63. The fraction of sp³-hybridized carbons (Fsp3) is 0.480. The lowest BCUT2D eigenvalue weighted by Crippen LogP contribution is -2.46. The summed E-state index contributed by atoms with van der Waals surface area (Å²) in [6, 6.07) is 14.4. The maximum atomic E-state index is 13.5. The molecule has 1 amide bonds. The summed E-state index contributed by atoms with van der Waals surface area (Å²) < 4.78 is 28.3. The molecule has 0 aromatic heterocycles. The van der Waals surface area contributed by atoms with Crippen LogP contribution in [0, 0.1) is 18.8 Å². The van der Waals surface area contributed by atoms with E-state index < -0.39 is 10.0 Å². The molecule has 166 valence electrons. The molecule has 2 fully saturated rings. The van der Waals surface area contributed by atoms with E-state index in [1.165, 1.54) is 17.1 Å². The number of fused-ring (bicyclic) bond motifs is 2. The van der Waals surface area contributed by atoms with Crippen molar-refractivity contribution in [3.8, 4) is 0 Å². The van der Waals surface area contributed by atoms with E-state index in [1.807, 2.05) is 19.1 Å². The predicted molar refractivity (Wildman–Crippen MR) is 124 cm³/mol. The lowest BCUT2D eigenvalue weighted by Gasteiger charge is -2.27. The van der Waals surface area contributed by atoms with Crippen LogP contribution < -0.4 is 9.62 Å². The van der Waals surface area contributed by atoms with Gasteiger partial charge in [-0.15, -0.1) is 0 Å². The highest BCUT2D eigenvalue weighted by molar-refractivity contribution is 7.92. The fourth-order valence-electron chi connectivity index (χ4n) is 4.98. The van der Waals surface area contributed by atoms with Crippen LogP contribution >= 0.6 is 0 Å². The van der Waals surface area contributed by atoms with Crippen molar-refractivity contribution < 1.29 is 13.2 Å². The van der Waals surface area contributed by atoms with Crippen molar-refractivity contribution in [3.05, 3.63) is 59.7 Å². The van der Waals surface area contributed by atoms with E-state index in [0.29, 0.717) is 23.4 Å². The number of hydrogen-bond acceptors (Lipinski definition) is 3. The number of carbonyl (C=O) groups is 1. The van der Waals surface area contributed by atoms with Gasteiger partial charge in [-0.25, -0.2) is 8.42 Å². The first kappa shape index (κ1) is 21.9. The molecule has 5 nitrogen and oxygen atoms in total. The van der Waals surface area contributed by atoms with Crippen LogP contribution in [0.1, 0.15) is 56.6 Å². The molecule has 2 aromatic carbocycles. The van der Waals surface area contributed by atoms with Crippen LogP contribution in [0.15, 0.2) is 53.4 Å². The minimum atomic E-state index is -3.87. The topological polar surface area (TPSA) is 66.5 Å². The number of carbonyl (C=O) groups excluding carboxylic acids is 1. The zero-order chi connectivity index (χ0) is 22.2. The number of rotatable bonds is 7. The number of sulfonamides is 1. The molecule has 0 saturated heterocycles. The first-order chi connectivity index (χ1) is 14.7. The van der Waals surface area contributed by atoms with Crippen molar-refractivity contribution in [2.75, 3.05) is 10.8 Å². The molecule has 0 aliphatic heterocycles. The molecule has 2 saturated carbocycles. The highest BCUT2D eigenvalue weighted by atomic mass is 32.2. The third-order valence-electron chi connectivity index (χ3n) is 6.83. The molecule has 4 rings (SSSR count). The van der Waals surface area contributed by atoms with Crippen molar-refractivity contribution in [2.24, 2.45) is 11.8 Å². The van der Waals surface area contributed by atoms with Crippen molar-refractivity contribution in [3.63, 3.8) is 0 Å². The maximum absolute atomic E-state index is 13.5. The van der Waals surface area contributed by atoms with Gasteiger partial charge in [-0.2, -0.15) is 0 Å². The largest absolute Gasteiger partial charge is 0.352 e. The summed E-state index contributed by atoms with van der Waals surface area (Å²) in [5.41, 5.74) is 2.62. The van der Waals surface area contributed by atoms with Crippen LogP contribution in [0.25, 0.3) is 0 Å². The van der Waals surface area contributed by atoms with E-state index in [2.05, 4.69) is 19.2 Å². The van der Waals surface area contributed by atoms with Gasteiger partial charge in [-0.3, -0.25) is 9.10 Å². The van der Waals surface area contributed by atoms with Crippen molar-refractivity contribution in [1.82, 2.24) is 5.32 Å². The Morgan fingerprint density at radius 1 is 1.03 bits per heavy atom. The van der Waals surface area contributed by atoms with Gasteiger partial charge in [0.1, 0.15) is 6.54 Å². The molecule has 2 bridgehead atoms. The third-order valence-corrected chi connectivity index (χ3v) is 8.62. The predicted octanol–water partition coefficient (Wildman–Crippen LogP) is 4.62. The molecule has 1 N–H and O–H groups in total. The van der Waals surface area contributed by atoms with Gasteiger partial charge >= 0.3 is 0 Å². The molecule has 2 aliphatic carbocycles. The monoisotopic (exact) mass is 440 g/mol. The molecule has 31 heavy (non-hydrogen) atoms. The van der Waals surface area contributed by atoms with Crippen LogP contribution in [0.5, 0.6) is 0 Å². The summed E-state index contributed by atoms with van der Waals surface area (Å²) in [4.78, 5) is 13.1. The maximum Gasteiger partial charge on any atom is 0.264 e. The van der Waals surface area contributed by atoms with E-state index in [9.17, 15) is 13.2 Å². The summed E-state index contributed by atoms with van der Waals surface area (Å²) in [7, 11) is -3.87. The van der Waals surface area contributed by atoms with E-state index in [0.717, 1.165) is 24.0 Å². The van der Waals surface area contributed by atoms with Gasteiger partial charge in [0.25, 0.3) is 10.0 Å². The number of benzene rings is 2. The third kappa shape index (κ3) is 4.64. The molecular weight excluding hydrogens is 408 g/mol. The number of aryl methyl sites for hydroxylation is 1. The van der Waals surface area contributed by atoms with Gasteiger partial charge in [0.15, 0.2) is 0 Å². The SMILES string of the molecule is Cc1ccc(S(=O)(=O)N(CC(=O)N[C@@H]2C[C@H]3CC[C@@H]2C3)c2ccc(C(C)C)cc2)cc1. The first-order valence-electron chi connectivity index (χ1n) is 11.2. The molecule has 2 aliphatic rings. The fourth-order valence-corrected chi connectivity index (χ4v) is 6.40. The van der Waals surface area contributed by atoms with Gasteiger partial charge in [-0.1, -0.05) is 50.1 Å². The van der Waals surface area contributed by atoms with E-state index in [-0.39, 0.29) is 23.4 Å². The van der Waals surface area contributed by atoms with Gasteiger partial charge in [0.05, 0.1) is 10.6 Å². The average Bonchev–Trinajstić information content (AvgIpc) is 3.35. The first-order valence-corrected chi connectivity index (χ1v) is 12.7. The van der Waals surface area contributed by atoms with Crippen LogP contribution in [0.4, 0.5) is 5.69 Å². The Labute approximate surface area is 185 Å². The second-order valence-corrected chi connectivity index (χ2v) is 11.3. The Hall–Kier alpha value is -2.34. The zero-order valence-corrected chi connectivity index (χ0v) is 19.4. The Bertz CT molecular complexity index is 1030. The minimum Gasteiger partial charge on any atom is -0.352 e. The molecule has 2 aromatic rings. The summed E-state index contributed by atoms with van der Waals surface area (Å²) in [5.74, 6) is 1.37. The second kappa shape index (κ2) is 8.65. The average molecular weight is 441 g/mol. The molecule has 6 heteroatoms. The normalized spacial score (nSPS) is 22.6. The Morgan fingerprint density at radius 3 is 2.26 bits per heavy atom. The zero-order valence-electron chi connectivity index (χ0n) is 18.5. The minimum absolute atomic E-state index is 0.179. The molecule has 0 radical (unpaired) electrons. The van der Waals surface area contributed by atoms with Crippen LogP contribution in [-0.4, -0.2) is 26.9 Å². The number of nitrogens with zero attached hydrogens (tertiary/aromatic N) is 1. The van der Waals surface area contributed by atoms with Crippen molar-refractivity contribution in [2.45, 2.75) is 63.3 Å². The second-order valence-electron chi connectivity index (χ2n) is 9.42. The van der Waals surface area contributed by atoms with E-state index in [1.54, 1.807) is 36.4 Å². The van der Waals surface area contributed by atoms with Gasteiger partial charge in [-0.05, 0) is 73.8 Å². The lowest BCUT2D eigenvalue weighted by molar-refractivity contribution is -0.120. The number of nitrogens with one attached hydrogen (secondary N) is 1. The molecule has 3 atom stereocenters. The van der Waals surface area contributed by atoms with Gasteiger partial charge in [0, 0.05) is 6.04 Å². The number of hydrogen-bond donors (Lipinski definition) is 1. The van der Waals surface area contributed by atoms with Crippen molar-refractivity contribution >= 4 is 21.6 Å². The number of anilines is 1. The Kier molecular flexibility index (Phi) is 6.11. The van der Waals surface area contributed by atoms with E-state index >= 15 is 0 Å². The van der Waals surface area contributed by atoms with Gasteiger partial charge < -0.3 is 5.32 Å². The molecule has 0 unspecified atom stereocenters. The van der Waals surface area contributed by atoms with Gasteiger partial charge in [0.2, 0.25) is 5.91 Å². The summed E-state index contributed by atoms with van der Waals surface area (Å²) in [6.45, 7) is 5.89. The smallest absolute Gasteiger partial charge is 0.264 e. The summed E-state index contributed by atoms with van der Waals surface area (Å²) >= 11 is 0. The van der Waals surface area contributed by atoms with Crippen LogP contribution in [0.2, 0.25) is 0 Å². The Morgan fingerprint density at radius 2 is 1.71 bits per heavy atom. The van der Waals surface area contributed by atoms with Crippen LogP contribution in [0.3, 0.4) is 0 Å². The molecule has 0 spiro atoms. The quantitative estimate of drug-likeness (QED) is 0.683. The highest BCUT2D eigenvalue weighted by Gasteiger charge is 2.40. The molecular formula is C25H32N2O3S. The van der Waals surface area contributed by atoms with E-state index in [4.69, 9.17) is 0 Å². The number of amides is 1. The molecule has 0 heterocycles. The summed E-state index contributed by atoms with van der Waals surface area (Å²) in [5, 5.41) is 3.13.